The number of hydrogen-bond donors (Lipinski definition) is 1. The van der Waals surface area contributed by atoms with Crippen LogP contribution in [-0.2, 0) is 0 Å². The first-order valence-electron chi connectivity index (χ1n) is 3.83. The average Bonchev–Trinajstić information content (AvgIpc) is 2.03. The largest absolute Gasteiger partial charge is 0.384 e. The maximum Gasteiger partial charge on any atom is 0.189 e. The lowest BCUT2D eigenvalue weighted by atomic mass is 10.4. The van der Waals surface area contributed by atoms with E-state index in [9.17, 15) is 0 Å². The Bertz CT molecular complexity index is 311. The Kier molecular flexibility index (Phi) is 3.53. The fraction of sp³-hybridized carbons (Fsp3) is 0.375. The van der Waals surface area contributed by atoms with Gasteiger partial charge >= 0.3 is 0 Å². The molecule has 0 aromatic carbocycles. The number of nitriles is 1. The van der Waals surface area contributed by atoms with E-state index in [0.29, 0.717) is 23.1 Å². The molecule has 0 aliphatic rings. The van der Waals surface area contributed by atoms with Crippen LogP contribution in [0.1, 0.15) is 12.1 Å². The molecular formula is C8H10N4S. The SMILES string of the molecule is Cc1cc(N)nc(SCCC#N)n1. The molecule has 5 heteroatoms. The second-order valence-electron chi connectivity index (χ2n) is 2.47. The van der Waals surface area contributed by atoms with Gasteiger partial charge in [-0.2, -0.15) is 5.26 Å². The first kappa shape index (κ1) is 9.81. The number of aromatic nitrogens is 2. The van der Waals surface area contributed by atoms with Gasteiger partial charge in [-0.15, -0.1) is 0 Å². The molecular weight excluding hydrogens is 184 g/mol. The summed E-state index contributed by atoms with van der Waals surface area (Å²) in [7, 11) is 0. The summed E-state index contributed by atoms with van der Waals surface area (Å²) in [6.07, 6.45) is 0.502. The van der Waals surface area contributed by atoms with Crippen LogP contribution in [0, 0.1) is 18.3 Å². The molecule has 68 valence electrons. The fourth-order valence-corrected chi connectivity index (χ4v) is 1.57. The van der Waals surface area contributed by atoms with E-state index in [0.717, 1.165) is 5.69 Å². The summed E-state index contributed by atoms with van der Waals surface area (Å²) in [4.78, 5) is 8.19. The average molecular weight is 194 g/mol. The molecule has 0 saturated heterocycles. The Hall–Kier alpha value is -1.28. The third-order valence-corrected chi connectivity index (χ3v) is 2.15. The van der Waals surface area contributed by atoms with E-state index in [2.05, 4.69) is 16.0 Å². The van der Waals surface area contributed by atoms with Crippen molar-refractivity contribution in [3.8, 4) is 6.07 Å². The molecule has 1 heterocycles. The number of anilines is 1. The Morgan fingerprint density at radius 1 is 1.62 bits per heavy atom. The van der Waals surface area contributed by atoms with Gasteiger partial charge in [0.05, 0.1) is 6.07 Å². The van der Waals surface area contributed by atoms with Crippen molar-refractivity contribution in [2.75, 3.05) is 11.5 Å². The van der Waals surface area contributed by atoms with Crippen molar-refractivity contribution in [1.29, 1.82) is 5.26 Å². The molecule has 0 aliphatic carbocycles. The highest BCUT2D eigenvalue weighted by Crippen LogP contribution is 2.15. The van der Waals surface area contributed by atoms with Crippen molar-refractivity contribution in [3.63, 3.8) is 0 Å². The second-order valence-corrected chi connectivity index (χ2v) is 3.54. The maximum atomic E-state index is 8.32. The predicted molar refractivity (Wildman–Crippen MR) is 52.1 cm³/mol. The molecule has 0 fully saturated rings. The minimum absolute atomic E-state index is 0.479. The molecule has 0 amide bonds. The summed E-state index contributed by atoms with van der Waals surface area (Å²) < 4.78 is 0. The third kappa shape index (κ3) is 3.30. The monoisotopic (exact) mass is 194 g/mol. The van der Waals surface area contributed by atoms with Crippen LogP contribution in [0.4, 0.5) is 5.82 Å². The van der Waals surface area contributed by atoms with E-state index in [-0.39, 0.29) is 0 Å². The molecule has 0 aliphatic heterocycles. The maximum absolute atomic E-state index is 8.32. The quantitative estimate of drug-likeness (QED) is 0.447. The summed E-state index contributed by atoms with van der Waals surface area (Å²) in [5, 5.41) is 8.97. The number of aryl methyl sites for hydroxylation is 1. The van der Waals surface area contributed by atoms with E-state index in [1.807, 2.05) is 6.92 Å². The van der Waals surface area contributed by atoms with E-state index >= 15 is 0 Å². The Labute approximate surface area is 81.2 Å². The molecule has 1 aromatic heterocycles. The first-order valence-corrected chi connectivity index (χ1v) is 4.82. The van der Waals surface area contributed by atoms with Gasteiger partial charge in [0.1, 0.15) is 5.82 Å². The standard InChI is InChI=1S/C8H10N4S/c1-6-5-7(10)12-8(11-6)13-4-2-3-9/h5H,2,4H2,1H3,(H2,10,11,12). The normalized spacial score (nSPS) is 9.54. The van der Waals surface area contributed by atoms with Gasteiger partial charge in [-0.25, -0.2) is 9.97 Å². The van der Waals surface area contributed by atoms with Gasteiger partial charge in [0.25, 0.3) is 0 Å². The van der Waals surface area contributed by atoms with Crippen LogP contribution in [0.5, 0.6) is 0 Å². The number of nitrogens with two attached hydrogens (primary N) is 1. The zero-order valence-electron chi connectivity index (χ0n) is 7.32. The van der Waals surface area contributed by atoms with Gasteiger partial charge in [-0.1, -0.05) is 11.8 Å². The number of nitrogen functional groups attached to an aromatic ring is 1. The summed E-state index contributed by atoms with van der Waals surface area (Å²) in [5.74, 6) is 1.19. The highest BCUT2D eigenvalue weighted by molar-refractivity contribution is 7.99. The minimum Gasteiger partial charge on any atom is -0.384 e. The third-order valence-electron chi connectivity index (χ3n) is 1.30. The van der Waals surface area contributed by atoms with Crippen LogP contribution < -0.4 is 5.73 Å². The summed E-state index contributed by atoms with van der Waals surface area (Å²) in [6.45, 7) is 1.87. The molecule has 0 radical (unpaired) electrons. The van der Waals surface area contributed by atoms with Crippen LogP contribution in [0.25, 0.3) is 0 Å². The highest BCUT2D eigenvalue weighted by Gasteiger charge is 1.99. The van der Waals surface area contributed by atoms with E-state index in [1.165, 1.54) is 11.8 Å². The molecule has 2 N–H and O–H groups in total. The lowest BCUT2D eigenvalue weighted by molar-refractivity contribution is 0.939. The van der Waals surface area contributed by atoms with Crippen molar-refractivity contribution < 1.29 is 0 Å². The molecule has 1 rings (SSSR count). The van der Waals surface area contributed by atoms with Gasteiger partial charge in [-0.3, -0.25) is 0 Å². The zero-order chi connectivity index (χ0) is 9.68. The Morgan fingerprint density at radius 2 is 2.38 bits per heavy atom. The van der Waals surface area contributed by atoms with Crippen molar-refractivity contribution in [1.82, 2.24) is 9.97 Å². The summed E-state index contributed by atoms with van der Waals surface area (Å²) >= 11 is 1.45. The van der Waals surface area contributed by atoms with Crippen LogP contribution in [0.3, 0.4) is 0 Å². The Morgan fingerprint density at radius 3 is 3.00 bits per heavy atom. The van der Waals surface area contributed by atoms with Crippen molar-refractivity contribution in [3.05, 3.63) is 11.8 Å². The van der Waals surface area contributed by atoms with E-state index < -0.39 is 0 Å². The van der Waals surface area contributed by atoms with Gasteiger partial charge in [-0.05, 0) is 6.92 Å². The second kappa shape index (κ2) is 4.67. The highest BCUT2D eigenvalue weighted by atomic mass is 32.2. The number of thioether (sulfide) groups is 1. The molecule has 1 aromatic rings. The molecule has 4 nitrogen and oxygen atoms in total. The van der Waals surface area contributed by atoms with Crippen LogP contribution in [-0.4, -0.2) is 15.7 Å². The van der Waals surface area contributed by atoms with Gasteiger partial charge in [0.2, 0.25) is 0 Å². The number of nitrogens with zero attached hydrogens (tertiary/aromatic N) is 3. The van der Waals surface area contributed by atoms with E-state index in [4.69, 9.17) is 11.0 Å². The minimum atomic E-state index is 0.479. The first-order chi connectivity index (χ1) is 6.22. The lowest BCUT2D eigenvalue weighted by Crippen LogP contribution is -1.96. The molecule has 0 spiro atoms. The molecule has 0 atom stereocenters. The number of hydrogen-bond acceptors (Lipinski definition) is 5. The molecule has 0 unspecified atom stereocenters. The molecule has 0 saturated carbocycles. The lowest BCUT2D eigenvalue weighted by Gasteiger charge is -2.00. The summed E-state index contributed by atoms with van der Waals surface area (Å²) in [6, 6.07) is 3.78. The van der Waals surface area contributed by atoms with E-state index in [1.54, 1.807) is 6.07 Å². The van der Waals surface area contributed by atoms with Crippen molar-refractivity contribution in [2.45, 2.75) is 18.5 Å². The zero-order valence-corrected chi connectivity index (χ0v) is 8.14. The molecule has 0 bridgehead atoms. The number of rotatable bonds is 3. The van der Waals surface area contributed by atoms with Crippen LogP contribution in [0.15, 0.2) is 11.2 Å². The smallest absolute Gasteiger partial charge is 0.189 e. The topological polar surface area (TPSA) is 75.6 Å². The van der Waals surface area contributed by atoms with Crippen LogP contribution >= 0.6 is 11.8 Å². The molecule has 13 heavy (non-hydrogen) atoms. The van der Waals surface area contributed by atoms with Gasteiger partial charge in [0.15, 0.2) is 5.16 Å². The summed E-state index contributed by atoms with van der Waals surface area (Å²) in [5.41, 5.74) is 6.39. The van der Waals surface area contributed by atoms with Gasteiger partial charge in [0, 0.05) is 23.9 Å². The Balaban J connectivity index is 2.62. The fourth-order valence-electron chi connectivity index (χ4n) is 0.817. The van der Waals surface area contributed by atoms with Crippen molar-refractivity contribution in [2.24, 2.45) is 0 Å². The van der Waals surface area contributed by atoms with Crippen molar-refractivity contribution >= 4 is 17.6 Å². The predicted octanol–water partition coefficient (Wildman–Crippen LogP) is 1.37. The van der Waals surface area contributed by atoms with Gasteiger partial charge < -0.3 is 5.73 Å². The van der Waals surface area contributed by atoms with Crippen LogP contribution in [0.2, 0.25) is 0 Å².